The number of amides is 1. The summed E-state index contributed by atoms with van der Waals surface area (Å²) in [6, 6.07) is 7.54. The summed E-state index contributed by atoms with van der Waals surface area (Å²) >= 11 is 0. The summed E-state index contributed by atoms with van der Waals surface area (Å²) in [7, 11) is 0. The van der Waals surface area contributed by atoms with Gasteiger partial charge in [0, 0.05) is 18.5 Å². The van der Waals surface area contributed by atoms with Crippen LogP contribution in [0, 0.1) is 6.92 Å². The van der Waals surface area contributed by atoms with E-state index in [1.807, 2.05) is 31.2 Å². The lowest BCUT2D eigenvalue weighted by Crippen LogP contribution is -2.24. The second-order valence-electron chi connectivity index (χ2n) is 5.04. The molecule has 4 heteroatoms. The molecule has 0 heterocycles. The van der Waals surface area contributed by atoms with Crippen LogP contribution in [0.3, 0.4) is 0 Å². The van der Waals surface area contributed by atoms with Gasteiger partial charge in [-0.1, -0.05) is 37.0 Å². The summed E-state index contributed by atoms with van der Waals surface area (Å²) < 4.78 is 0. The van der Waals surface area contributed by atoms with Crippen LogP contribution < -0.4 is 5.32 Å². The Morgan fingerprint density at radius 1 is 1.10 bits per heavy atom. The van der Waals surface area contributed by atoms with E-state index in [-0.39, 0.29) is 12.3 Å². The fourth-order valence-corrected chi connectivity index (χ4v) is 2.02. The van der Waals surface area contributed by atoms with Crippen LogP contribution in [0.15, 0.2) is 24.3 Å². The van der Waals surface area contributed by atoms with Crippen molar-refractivity contribution in [3.63, 3.8) is 0 Å². The van der Waals surface area contributed by atoms with Crippen LogP contribution in [0.1, 0.15) is 54.4 Å². The number of carbonyl (C=O) groups is 2. The highest BCUT2D eigenvalue weighted by molar-refractivity contribution is 5.94. The van der Waals surface area contributed by atoms with Gasteiger partial charge >= 0.3 is 5.97 Å². The molecule has 1 amide bonds. The summed E-state index contributed by atoms with van der Waals surface area (Å²) in [6.07, 6.45) is 4.92. The molecule has 0 bridgehead atoms. The Morgan fingerprint density at radius 3 is 2.50 bits per heavy atom. The molecule has 0 unspecified atom stereocenters. The van der Waals surface area contributed by atoms with Crippen LogP contribution in [0.2, 0.25) is 0 Å². The van der Waals surface area contributed by atoms with Crippen LogP contribution in [0.5, 0.6) is 0 Å². The smallest absolute Gasteiger partial charge is 0.303 e. The largest absolute Gasteiger partial charge is 0.481 e. The number of hydrogen-bond donors (Lipinski definition) is 2. The Hall–Kier alpha value is -1.84. The first-order chi connectivity index (χ1) is 9.59. The lowest BCUT2D eigenvalue weighted by Gasteiger charge is -2.05. The van der Waals surface area contributed by atoms with E-state index in [9.17, 15) is 9.59 Å². The fraction of sp³-hybridized carbons (Fsp3) is 0.500. The van der Waals surface area contributed by atoms with E-state index < -0.39 is 5.97 Å². The standard InChI is InChI=1S/C16H23NO3/c1-13-8-7-9-14(12-13)16(20)17-11-6-4-2-3-5-10-15(18)19/h7-9,12H,2-6,10-11H2,1H3,(H,17,20)(H,18,19). The summed E-state index contributed by atoms with van der Waals surface area (Å²) in [6.45, 7) is 2.64. The Morgan fingerprint density at radius 2 is 1.80 bits per heavy atom. The van der Waals surface area contributed by atoms with Crippen LogP contribution in [-0.2, 0) is 4.79 Å². The zero-order valence-corrected chi connectivity index (χ0v) is 12.0. The molecular formula is C16H23NO3. The zero-order valence-electron chi connectivity index (χ0n) is 12.0. The molecule has 0 atom stereocenters. The number of aryl methyl sites for hydroxylation is 1. The van der Waals surface area contributed by atoms with Crippen molar-refractivity contribution in [1.29, 1.82) is 0 Å². The number of hydrogen-bond acceptors (Lipinski definition) is 2. The minimum absolute atomic E-state index is 0.0282. The van der Waals surface area contributed by atoms with Gasteiger partial charge in [0.15, 0.2) is 0 Å². The second kappa shape index (κ2) is 9.13. The predicted octanol–water partition coefficient (Wildman–Crippen LogP) is 3.15. The van der Waals surface area contributed by atoms with Crippen LogP contribution in [-0.4, -0.2) is 23.5 Å². The van der Waals surface area contributed by atoms with Crippen molar-refractivity contribution in [1.82, 2.24) is 5.32 Å². The highest BCUT2D eigenvalue weighted by Crippen LogP contribution is 2.06. The number of carboxylic acid groups (broad SMARTS) is 1. The van der Waals surface area contributed by atoms with E-state index in [1.165, 1.54) is 0 Å². The predicted molar refractivity (Wildman–Crippen MR) is 78.9 cm³/mol. The highest BCUT2D eigenvalue weighted by Gasteiger charge is 2.04. The quantitative estimate of drug-likeness (QED) is 0.681. The van der Waals surface area contributed by atoms with Gasteiger partial charge in [-0.25, -0.2) is 0 Å². The maximum absolute atomic E-state index is 11.8. The van der Waals surface area contributed by atoms with Crippen LogP contribution >= 0.6 is 0 Å². The topological polar surface area (TPSA) is 66.4 Å². The number of carboxylic acids is 1. The first-order valence-corrected chi connectivity index (χ1v) is 7.16. The van der Waals surface area contributed by atoms with Gasteiger partial charge in [-0.05, 0) is 31.9 Å². The number of rotatable bonds is 9. The molecular weight excluding hydrogens is 254 g/mol. The lowest BCUT2D eigenvalue weighted by atomic mass is 10.1. The van der Waals surface area contributed by atoms with Gasteiger partial charge in [-0.3, -0.25) is 9.59 Å². The van der Waals surface area contributed by atoms with Crippen molar-refractivity contribution in [2.45, 2.75) is 45.4 Å². The van der Waals surface area contributed by atoms with Gasteiger partial charge < -0.3 is 10.4 Å². The third-order valence-electron chi connectivity index (χ3n) is 3.13. The molecule has 0 spiro atoms. The maximum atomic E-state index is 11.8. The van der Waals surface area contributed by atoms with E-state index >= 15 is 0 Å². The third kappa shape index (κ3) is 6.92. The first-order valence-electron chi connectivity index (χ1n) is 7.16. The van der Waals surface area contributed by atoms with Crippen molar-refractivity contribution in [3.05, 3.63) is 35.4 Å². The Balaban J connectivity index is 2.06. The molecule has 0 saturated heterocycles. The number of carbonyl (C=O) groups excluding carboxylic acids is 1. The molecule has 0 aliphatic heterocycles. The molecule has 1 rings (SSSR count). The fourth-order valence-electron chi connectivity index (χ4n) is 2.02. The molecule has 1 aromatic rings. The molecule has 1 aromatic carbocycles. The molecule has 0 aliphatic carbocycles. The maximum Gasteiger partial charge on any atom is 0.303 e. The van der Waals surface area contributed by atoms with Crippen LogP contribution in [0.4, 0.5) is 0 Å². The number of aliphatic carboxylic acids is 1. The molecule has 110 valence electrons. The lowest BCUT2D eigenvalue weighted by molar-refractivity contribution is -0.137. The van der Waals surface area contributed by atoms with Crippen LogP contribution in [0.25, 0.3) is 0 Å². The van der Waals surface area contributed by atoms with Crippen molar-refractivity contribution in [2.24, 2.45) is 0 Å². The van der Waals surface area contributed by atoms with E-state index in [0.29, 0.717) is 12.1 Å². The summed E-state index contributed by atoms with van der Waals surface area (Å²) in [5.41, 5.74) is 1.78. The van der Waals surface area contributed by atoms with E-state index in [2.05, 4.69) is 5.32 Å². The van der Waals surface area contributed by atoms with Crippen molar-refractivity contribution in [2.75, 3.05) is 6.54 Å². The molecule has 0 aromatic heterocycles. The Labute approximate surface area is 120 Å². The summed E-state index contributed by atoms with van der Waals surface area (Å²) in [5, 5.41) is 11.4. The average molecular weight is 277 g/mol. The van der Waals surface area contributed by atoms with E-state index in [1.54, 1.807) is 0 Å². The second-order valence-corrected chi connectivity index (χ2v) is 5.04. The minimum atomic E-state index is -0.726. The molecule has 0 fully saturated rings. The van der Waals surface area contributed by atoms with Crippen molar-refractivity contribution >= 4 is 11.9 Å². The van der Waals surface area contributed by atoms with Crippen molar-refractivity contribution < 1.29 is 14.7 Å². The Kier molecular flexibility index (Phi) is 7.40. The average Bonchev–Trinajstić information content (AvgIpc) is 2.41. The minimum Gasteiger partial charge on any atom is -0.481 e. The van der Waals surface area contributed by atoms with Gasteiger partial charge in [0.1, 0.15) is 0 Å². The molecule has 4 nitrogen and oxygen atoms in total. The van der Waals surface area contributed by atoms with Gasteiger partial charge in [0.2, 0.25) is 0 Å². The number of benzene rings is 1. The molecule has 20 heavy (non-hydrogen) atoms. The summed E-state index contributed by atoms with van der Waals surface area (Å²) in [5.74, 6) is -0.755. The van der Waals surface area contributed by atoms with Gasteiger partial charge in [0.25, 0.3) is 5.91 Å². The van der Waals surface area contributed by atoms with E-state index in [4.69, 9.17) is 5.11 Å². The molecule has 0 radical (unpaired) electrons. The Bertz CT molecular complexity index is 443. The number of unbranched alkanes of at least 4 members (excludes halogenated alkanes) is 4. The SMILES string of the molecule is Cc1cccc(C(=O)NCCCCCCCC(=O)O)c1. The highest BCUT2D eigenvalue weighted by atomic mass is 16.4. The molecule has 2 N–H and O–H groups in total. The monoisotopic (exact) mass is 277 g/mol. The van der Waals surface area contributed by atoms with Gasteiger partial charge in [0.05, 0.1) is 0 Å². The third-order valence-corrected chi connectivity index (χ3v) is 3.13. The zero-order chi connectivity index (χ0) is 14.8. The number of nitrogens with one attached hydrogen (secondary N) is 1. The normalized spacial score (nSPS) is 10.2. The van der Waals surface area contributed by atoms with E-state index in [0.717, 1.165) is 37.7 Å². The molecule has 0 saturated carbocycles. The van der Waals surface area contributed by atoms with Gasteiger partial charge in [-0.15, -0.1) is 0 Å². The van der Waals surface area contributed by atoms with Gasteiger partial charge in [-0.2, -0.15) is 0 Å². The van der Waals surface area contributed by atoms with Crippen molar-refractivity contribution in [3.8, 4) is 0 Å². The first kappa shape index (κ1) is 16.2. The summed E-state index contributed by atoms with van der Waals surface area (Å²) in [4.78, 5) is 22.2. The molecule has 0 aliphatic rings.